The molecular formula is C24H22ClFN4O6S. The van der Waals surface area contributed by atoms with Gasteiger partial charge in [0.25, 0.3) is 11.5 Å². The highest BCUT2D eigenvalue weighted by molar-refractivity contribution is 7.18. The monoisotopic (exact) mass is 548 g/mol. The highest BCUT2D eigenvalue weighted by Crippen LogP contribution is 2.23. The van der Waals surface area contributed by atoms with Crippen molar-refractivity contribution in [1.29, 1.82) is 0 Å². The van der Waals surface area contributed by atoms with Gasteiger partial charge in [0.15, 0.2) is 0 Å². The third-order valence-corrected chi connectivity index (χ3v) is 6.80. The van der Waals surface area contributed by atoms with Crippen LogP contribution in [0.2, 0.25) is 4.34 Å². The van der Waals surface area contributed by atoms with E-state index in [1.54, 1.807) is 29.2 Å². The number of aliphatic carboxylic acids is 1. The second-order valence-corrected chi connectivity index (χ2v) is 9.96. The Morgan fingerprint density at radius 1 is 1.16 bits per heavy atom. The molecule has 2 amide bonds. The highest BCUT2D eigenvalue weighted by Gasteiger charge is 2.36. The molecule has 3 heterocycles. The van der Waals surface area contributed by atoms with E-state index in [0.29, 0.717) is 14.9 Å². The van der Waals surface area contributed by atoms with Crippen molar-refractivity contribution in [2.75, 3.05) is 31.6 Å². The second kappa shape index (κ2) is 11.6. The third-order valence-electron chi connectivity index (χ3n) is 5.57. The number of amides is 2. The van der Waals surface area contributed by atoms with Gasteiger partial charge in [-0.2, -0.15) is 0 Å². The minimum Gasteiger partial charge on any atom is -0.480 e. The van der Waals surface area contributed by atoms with Crippen molar-refractivity contribution in [1.82, 2.24) is 14.8 Å². The molecule has 1 fully saturated rings. The molecule has 1 aromatic carbocycles. The van der Waals surface area contributed by atoms with Crippen molar-refractivity contribution in [2.24, 2.45) is 0 Å². The topological polar surface area (TPSA) is 130 Å². The summed E-state index contributed by atoms with van der Waals surface area (Å²) in [6, 6.07) is 11.2. The first kappa shape index (κ1) is 26.5. The average Bonchev–Trinajstić information content (AvgIpc) is 3.45. The summed E-state index contributed by atoms with van der Waals surface area (Å²) in [6.45, 7) is -0.330. The standard InChI is InChI=1S/C24H22ClFN4O6S/c25-20-7-6-19(37-20)24(35)28-17-10-29(11-18(17)36-13-23(33)34)12-21(31)27-16-5-4-14(9-15(16)26)30-8-2-1-3-22(30)32/h1-9,17-18H,10-13H2,(H,27,31)(H,28,35)(H,33,34)/t17-,18-/m0/s1. The molecule has 0 saturated carbocycles. The number of halogens is 2. The first-order chi connectivity index (χ1) is 17.7. The summed E-state index contributed by atoms with van der Waals surface area (Å²) in [5, 5.41) is 14.3. The molecule has 1 saturated heterocycles. The van der Waals surface area contributed by atoms with Gasteiger partial charge in [0.1, 0.15) is 12.4 Å². The van der Waals surface area contributed by atoms with Crippen LogP contribution in [0.25, 0.3) is 5.69 Å². The van der Waals surface area contributed by atoms with Crippen molar-refractivity contribution >= 4 is 46.4 Å². The molecule has 1 aliphatic rings. The molecular weight excluding hydrogens is 527 g/mol. The average molecular weight is 549 g/mol. The Kier molecular flexibility index (Phi) is 8.34. The van der Waals surface area contributed by atoms with Crippen molar-refractivity contribution in [2.45, 2.75) is 12.1 Å². The van der Waals surface area contributed by atoms with Gasteiger partial charge >= 0.3 is 5.97 Å². The van der Waals surface area contributed by atoms with Gasteiger partial charge in [-0.1, -0.05) is 17.7 Å². The number of rotatable bonds is 9. The predicted octanol–water partition coefficient (Wildman–Crippen LogP) is 2.21. The van der Waals surface area contributed by atoms with Gasteiger partial charge in [-0.25, -0.2) is 9.18 Å². The number of hydrogen-bond donors (Lipinski definition) is 3. The number of carboxylic acid groups (broad SMARTS) is 1. The molecule has 194 valence electrons. The van der Waals surface area contributed by atoms with E-state index < -0.39 is 42.4 Å². The number of nitrogens with one attached hydrogen (secondary N) is 2. The number of anilines is 1. The van der Waals surface area contributed by atoms with Gasteiger partial charge in [0, 0.05) is 31.4 Å². The Hall–Kier alpha value is -3.58. The number of aromatic nitrogens is 1. The molecule has 0 bridgehead atoms. The van der Waals surface area contributed by atoms with E-state index in [9.17, 15) is 23.6 Å². The third kappa shape index (κ3) is 6.80. The Morgan fingerprint density at radius 3 is 2.65 bits per heavy atom. The lowest BCUT2D eigenvalue weighted by Crippen LogP contribution is -2.44. The zero-order valence-electron chi connectivity index (χ0n) is 19.2. The number of thiophene rings is 1. The van der Waals surface area contributed by atoms with Crippen LogP contribution < -0.4 is 16.2 Å². The van der Waals surface area contributed by atoms with Crippen LogP contribution in [-0.4, -0.2) is 70.7 Å². The Bertz CT molecular complexity index is 1380. The number of carbonyl (C=O) groups excluding carboxylic acids is 2. The lowest BCUT2D eigenvalue weighted by molar-refractivity contribution is -0.144. The van der Waals surface area contributed by atoms with Crippen LogP contribution in [0, 0.1) is 5.82 Å². The number of likely N-dealkylation sites (tertiary alicyclic amines) is 1. The van der Waals surface area contributed by atoms with E-state index >= 15 is 0 Å². The number of nitrogens with zero attached hydrogens (tertiary/aromatic N) is 2. The molecule has 3 N–H and O–H groups in total. The van der Waals surface area contributed by atoms with Gasteiger partial charge in [0.2, 0.25) is 5.91 Å². The number of ether oxygens (including phenoxy) is 1. The molecule has 0 spiro atoms. The summed E-state index contributed by atoms with van der Waals surface area (Å²) in [6.07, 6.45) is 0.830. The van der Waals surface area contributed by atoms with E-state index in [4.69, 9.17) is 21.4 Å². The van der Waals surface area contributed by atoms with E-state index in [2.05, 4.69) is 10.6 Å². The predicted molar refractivity (Wildman–Crippen MR) is 135 cm³/mol. The summed E-state index contributed by atoms with van der Waals surface area (Å²) >= 11 is 6.99. The fourth-order valence-electron chi connectivity index (χ4n) is 3.93. The van der Waals surface area contributed by atoms with Crippen molar-refractivity contribution < 1.29 is 28.6 Å². The van der Waals surface area contributed by atoms with E-state index in [1.807, 2.05) is 0 Å². The zero-order chi connectivity index (χ0) is 26.5. The molecule has 0 unspecified atom stereocenters. The highest BCUT2D eigenvalue weighted by atomic mass is 35.5. The molecule has 10 nitrogen and oxygen atoms in total. The van der Waals surface area contributed by atoms with Gasteiger partial charge in [-0.3, -0.25) is 23.9 Å². The number of carboxylic acids is 1. The summed E-state index contributed by atoms with van der Waals surface area (Å²) in [5.74, 6) is -2.79. The van der Waals surface area contributed by atoms with E-state index in [0.717, 1.165) is 17.4 Å². The van der Waals surface area contributed by atoms with Gasteiger partial charge in [-0.05, 0) is 30.3 Å². The molecule has 13 heteroatoms. The Labute approximate surface area is 219 Å². The second-order valence-electron chi connectivity index (χ2n) is 8.24. The molecule has 1 aliphatic heterocycles. The van der Waals surface area contributed by atoms with Crippen LogP contribution in [0.5, 0.6) is 0 Å². The Balaban J connectivity index is 1.39. The fraction of sp³-hybridized carbons (Fsp3) is 0.250. The van der Waals surface area contributed by atoms with Crippen molar-refractivity contribution in [3.63, 3.8) is 0 Å². The number of hydrogen-bond acceptors (Lipinski definition) is 7. The van der Waals surface area contributed by atoms with E-state index in [1.165, 1.54) is 29.0 Å². The maximum Gasteiger partial charge on any atom is 0.329 e. The molecule has 2 atom stereocenters. The molecule has 2 aromatic heterocycles. The summed E-state index contributed by atoms with van der Waals surface area (Å²) < 4.78 is 21.8. The summed E-state index contributed by atoms with van der Waals surface area (Å²) in [7, 11) is 0. The number of carbonyl (C=O) groups is 3. The molecule has 3 aromatic rings. The largest absolute Gasteiger partial charge is 0.480 e. The number of pyridine rings is 1. The lowest BCUT2D eigenvalue weighted by atomic mass is 10.2. The Morgan fingerprint density at radius 2 is 1.97 bits per heavy atom. The quantitative estimate of drug-likeness (QED) is 0.374. The van der Waals surface area contributed by atoms with Crippen molar-refractivity contribution in [3.8, 4) is 5.69 Å². The van der Waals surface area contributed by atoms with E-state index in [-0.39, 0.29) is 30.9 Å². The van der Waals surface area contributed by atoms with Crippen LogP contribution in [0.1, 0.15) is 9.67 Å². The molecule has 0 radical (unpaired) electrons. The van der Waals surface area contributed by atoms with Gasteiger partial charge in [-0.15, -0.1) is 11.3 Å². The van der Waals surface area contributed by atoms with Crippen molar-refractivity contribution in [3.05, 3.63) is 80.1 Å². The number of benzene rings is 1. The molecule has 37 heavy (non-hydrogen) atoms. The maximum absolute atomic E-state index is 14.7. The SMILES string of the molecule is O=C(O)CO[C@H]1CN(CC(=O)Nc2ccc(-n3ccccc3=O)cc2F)C[C@@H]1NC(=O)c1ccc(Cl)s1. The molecule has 4 rings (SSSR count). The molecule has 0 aliphatic carbocycles. The zero-order valence-corrected chi connectivity index (χ0v) is 20.8. The lowest BCUT2D eigenvalue weighted by Gasteiger charge is -2.19. The first-order valence-electron chi connectivity index (χ1n) is 11.1. The van der Waals surface area contributed by atoms with Crippen LogP contribution in [0.3, 0.4) is 0 Å². The van der Waals surface area contributed by atoms with Crippen LogP contribution >= 0.6 is 22.9 Å². The summed E-state index contributed by atoms with van der Waals surface area (Å²) in [4.78, 5) is 50.2. The van der Waals surface area contributed by atoms with Crippen LogP contribution in [0.4, 0.5) is 10.1 Å². The smallest absolute Gasteiger partial charge is 0.329 e. The minimum absolute atomic E-state index is 0.0602. The first-order valence-corrected chi connectivity index (χ1v) is 12.3. The maximum atomic E-state index is 14.7. The normalized spacial score (nSPS) is 17.5. The van der Waals surface area contributed by atoms with Gasteiger partial charge in [0.05, 0.1) is 39.3 Å². The van der Waals surface area contributed by atoms with Crippen LogP contribution in [-0.2, 0) is 14.3 Å². The summed E-state index contributed by atoms with van der Waals surface area (Å²) in [5.41, 5.74) is -0.0732. The fourth-order valence-corrected chi connectivity index (χ4v) is 4.88. The van der Waals surface area contributed by atoms with Gasteiger partial charge < -0.3 is 20.5 Å². The van der Waals surface area contributed by atoms with Crippen LogP contribution in [0.15, 0.2) is 59.5 Å². The minimum atomic E-state index is -1.16.